The second kappa shape index (κ2) is 6.82. The molecule has 1 amide bonds. The fourth-order valence-electron chi connectivity index (χ4n) is 2.78. The van der Waals surface area contributed by atoms with Crippen molar-refractivity contribution in [1.82, 2.24) is 15.4 Å². The highest BCUT2D eigenvalue weighted by molar-refractivity contribution is 6.08. The predicted molar refractivity (Wildman–Crippen MR) is 96.3 cm³/mol. The van der Waals surface area contributed by atoms with E-state index < -0.39 is 0 Å². The minimum Gasteiger partial charge on any atom is -0.369 e. The van der Waals surface area contributed by atoms with E-state index in [1.165, 1.54) is 0 Å². The van der Waals surface area contributed by atoms with Crippen LogP contribution in [0.2, 0.25) is 0 Å². The van der Waals surface area contributed by atoms with E-state index in [4.69, 9.17) is 0 Å². The summed E-state index contributed by atoms with van der Waals surface area (Å²) in [6.45, 7) is 4.98. The maximum atomic E-state index is 11.4. The number of carbonyl (C=O) groups is 1. The van der Waals surface area contributed by atoms with Gasteiger partial charge in [-0.05, 0) is 18.6 Å². The Morgan fingerprint density at radius 3 is 2.88 bits per heavy atom. The van der Waals surface area contributed by atoms with Crippen molar-refractivity contribution in [2.75, 3.05) is 24.2 Å². The number of hydrogen-bond donors (Lipinski definition) is 3. The van der Waals surface area contributed by atoms with E-state index in [-0.39, 0.29) is 11.8 Å². The maximum absolute atomic E-state index is 11.4. The Kier molecular flexibility index (Phi) is 4.59. The van der Waals surface area contributed by atoms with E-state index in [1.807, 2.05) is 25.1 Å². The van der Waals surface area contributed by atoms with Crippen LogP contribution in [0.25, 0.3) is 10.9 Å². The molecule has 0 aliphatic carbocycles. The van der Waals surface area contributed by atoms with Crippen molar-refractivity contribution in [2.24, 2.45) is 11.0 Å². The lowest BCUT2D eigenvalue weighted by Crippen LogP contribution is -2.31. The van der Waals surface area contributed by atoms with Gasteiger partial charge in [-0.1, -0.05) is 19.9 Å². The molecule has 0 fully saturated rings. The number of hydrogen-bond acceptors (Lipinski definition) is 6. The highest BCUT2D eigenvalue weighted by Crippen LogP contribution is 2.25. The molecule has 0 saturated heterocycles. The van der Waals surface area contributed by atoms with Crippen molar-refractivity contribution in [3.05, 3.63) is 23.8 Å². The second-order valence-corrected chi connectivity index (χ2v) is 5.94. The first-order valence-electron chi connectivity index (χ1n) is 8.22. The predicted octanol–water partition coefficient (Wildman–Crippen LogP) is 2.35. The topological polar surface area (TPSA) is 91.3 Å². The van der Waals surface area contributed by atoms with Gasteiger partial charge >= 0.3 is 0 Å². The minimum absolute atomic E-state index is 0.0436. The fraction of sp³-hybridized carbons (Fsp3) is 0.412. The van der Waals surface area contributed by atoms with Gasteiger partial charge in [-0.3, -0.25) is 4.79 Å². The Hall–Kier alpha value is -2.70. The molecule has 0 radical (unpaired) electrons. The molecule has 2 aromatic rings. The molecule has 1 aromatic heterocycles. The number of amides is 1. The summed E-state index contributed by atoms with van der Waals surface area (Å²) in [4.78, 5) is 20.5. The molecular formula is C17H22N6O. The van der Waals surface area contributed by atoms with Crippen LogP contribution in [0.3, 0.4) is 0 Å². The first-order chi connectivity index (χ1) is 11.6. The number of aromatic nitrogens is 2. The lowest BCUT2D eigenvalue weighted by Gasteiger charge is -2.19. The summed E-state index contributed by atoms with van der Waals surface area (Å²) in [5.41, 5.74) is 5.26. The van der Waals surface area contributed by atoms with Gasteiger partial charge < -0.3 is 10.6 Å². The van der Waals surface area contributed by atoms with Gasteiger partial charge in [-0.2, -0.15) is 10.1 Å². The third-order valence-electron chi connectivity index (χ3n) is 4.02. The summed E-state index contributed by atoms with van der Waals surface area (Å²) in [7, 11) is 1.80. The lowest BCUT2D eigenvalue weighted by atomic mass is 9.93. The molecule has 1 unspecified atom stereocenters. The number of fused-ring (bicyclic) bond motifs is 1. The standard InChI is InChI=1S/C17H22N6O/c1-4-7-19-16-12-6-5-11(9-13(12)20-17(18-3)21-16)15-10(2)8-14(24)22-23-15/h5-6,9-10H,4,7-8H2,1-3H3,(H,22,24)(H2,18,19,20,21). The van der Waals surface area contributed by atoms with Gasteiger partial charge in [0.2, 0.25) is 11.9 Å². The van der Waals surface area contributed by atoms with E-state index in [0.29, 0.717) is 12.4 Å². The zero-order valence-electron chi connectivity index (χ0n) is 14.2. The van der Waals surface area contributed by atoms with Gasteiger partial charge in [0.05, 0.1) is 11.2 Å². The second-order valence-electron chi connectivity index (χ2n) is 5.94. The molecule has 2 heterocycles. The maximum Gasteiger partial charge on any atom is 0.240 e. The highest BCUT2D eigenvalue weighted by Gasteiger charge is 2.22. The Balaban J connectivity index is 2.05. The van der Waals surface area contributed by atoms with Gasteiger partial charge in [0.1, 0.15) is 5.82 Å². The molecule has 126 valence electrons. The highest BCUT2D eigenvalue weighted by atomic mass is 16.2. The average molecular weight is 326 g/mol. The summed E-state index contributed by atoms with van der Waals surface area (Å²) in [6, 6.07) is 6.02. The number of benzene rings is 1. The number of nitrogens with zero attached hydrogens (tertiary/aromatic N) is 3. The molecule has 0 saturated carbocycles. The molecule has 0 spiro atoms. The lowest BCUT2D eigenvalue weighted by molar-refractivity contribution is -0.121. The Labute approximate surface area is 141 Å². The average Bonchev–Trinajstić information content (AvgIpc) is 2.58. The van der Waals surface area contributed by atoms with Gasteiger partial charge in [0.15, 0.2) is 0 Å². The summed E-state index contributed by atoms with van der Waals surface area (Å²) < 4.78 is 0. The Morgan fingerprint density at radius 2 is 2.17 bits per heavy atom. The van der Waals surface area contributed by atoms with Crippen LogP contribution in [-0.2, 0) is 4.79 Å². The number of carbonyl (C=O) groups excluding carboxylic acids is 1. The molecule has 24 heavy (non-hydrogen) atoms. The van der Waals surface area contributed by atoms with Crippen LogP contribution in [0.5, 0.6) is 0 Å². The van der Waals surface area contributed by atoms with Crippen LogP contribution in [-0.4, -0.2) is 35.2 Å². The summed E-state index contributed by atoms with van der Waals surface area (Å²) >= 11 is 0. The molecule has 1 aromatic carbocycles. The SMILES string of the molecule is CCCNc1nc(NC)nc2cc(C3=NNC(=O)CC3C)ccc12. The van der Waals surface area contributed by atoms with Gasteiger partial charge in [0.25, 0.3) is 0 Å². The van der Waals surface area contributed by atoms with Crippen molar-refractivity contribution in [1.29, 1.82) is 0 Å². The van der Waals surface area contributed by atoms with Crippen molar-refractivity contribution in [2.45, 2.75) is 26.7 Å². The zero-order valence-corrected chi connectivity index (χ0v) is 14.2. The summed E-state index contributed by atoms with van der Waals surface area (Å²) in [6.07, 6.45) is 1.47. The van der Waals surface area contributed by atoms with Crippen LogP contribution in [0, 0.1) is 5.92 Å². The van der Waals surface area contributed by atoms with Crippen LogP contribution >= 0.6 is 0 Å². The van der Waals surface area contributed by atoms with E-state index in [0.717, 1.165) is 41.0 Å². The van der Waals surface area contributed by atoms with Gasteiger partial charge in [-0.15, -0.1) is 0 Å². The monoisotopic (exact) mass is 326 g/mol. The molecule has 7 heteroatoms. The molecule has 1 aliphatic rings. The van der Waals surface area contributed by atoms with Crippen LogP contribution in [0.15, 0.2) is 23.3 Å². The van der Waals surface area contributed by atoms with Crippen LogP contribution < -0.4 is 16.1 Å². The number of rotatable bonds is 5. The number of anilines is 2. The Morgan fingerprint density at radius 1 is 1.33 bits per heavy atom. The summed E-state index contributed by atoms with van der Waals surface area (Å²) in [5.74, 6) is 1.44. The van der Waals surface area contributed by atoms with Crippen molar-refractivity contribution >= 4 is 34.3 Å². The first-order valence-corrected chi connectivity index (χ1v) is 8.22. The van der Waals surface area contributed by atoms with Crippen LogP contribution in [0.1, 0.15) is 32.3 Å². The fourth-order valence-corrected chi connectivity index (χ4v) is 2.78. The van der Waals surface area contributed by atoms with E-state index >= 15 is 0 Å². The first kappa shape index (κ1) is 16.2. The third kappa shape index (κ3) is 3.15. The quantitative estimate of drug-likeness (QED) is 0.784. The molecule has 1 atom stereocenters. The molecule has 7 nitrogen and oxygen atoms in total. The minimum atomic E-state index is -0.0436. The molecule has 1 aliphatic heterocycles. The molecule has 0 bridgehead atoms. The van der Waals surface area contributed by atoms with Crippen molar-refractivity contribution in [3.63, 3.8) is 0 Å². The van der Waals surface area contributed by atoms with Crippen LogP contribution in [0.4, 0.5) is 11.8 Å². The van der Waals surface area contributed by atoms with Gasteiger partial charge in [0, 0.05) is 36.9 Å². The van der Waals surface area contributed by atoms with Crippen molar-refractivity contribution < 1.29 is 4.79 Å². The van der Waals surface area contributed by atoms with E-state index in [1.54, 1.807) is 7.05 Å². The normalized spacial score (nSPS) is 17.4. The van der Waals surface area contributed by atoms with E-state index in [2.05, 4.69) is 38.1 Å². The van der Waals surface area contributed by atoms with Gasteiger partial charge in [-0.25, -0.2) is 10.4 Å². The molecule has 3 rings (SSSR count). The van der Waals surface area contributed by atoms with Crippen molar-refractivity contribution in [3.8, 4) is 0 Å². The number of nitrogens with one attached hydrogen (secondary N) is 3. The number of hydrazone groups is 1. The van der Waals surface area contributed by atoms with E-state index in [9.17, 15) is 4.79 Å². The zero-order chi connectivity index (χ0) is 17.1. The largest absolute Gasteiger partial charge is 0.369 e. The summed E-state index contributed by atoms with van der Waals surface area (Å²) in [5, 5.41) is 11.5. The smallest absolute Gasteiger partial charge is 0.240 e. The molecule has 3 N–H and O–H groups in total. The third-order valence-corrected chi connectivity index (χ3v) is 4.02. The Bertz CT molecular complexity index is 801. The molecular weight excluding hydrogens is 304 g/mol.